The molecule has 198 valence electrons. The molecule has 0 atom stereocenters. The summed E-state index contributed by atoms with van der Waals surface area (Å²) in [7, 11) is 3.83. The van der Waals surface area contributed by atoms with E-state index in [1.165, 1.54) is 17.6 Å². The fourth-order valence-electron chi connectivity index (χ4n) is 3.84. The molecule has 0 radical (unpaired) electrons. The van der Waals surface area contributed by atoms with Crippen LogP contribution in [0.3, 0.4) is 0 Å². The van der Waals surface area contributed by atoms with Crippen molar-refractivity contribution in [2.75, 3.05) is 20.1 Å². The third-order valence-electron chi connectivity index (χ3n) is 5.79. The highest BCUT2D eigenvalue weighted by molar-refractivity contribution is 7.97. The molecule has 7 heteroatoms. The van der Waals surface area contributed by atoms with Crippen molar-refractivity contribution in [3.05, 3.63) is 94.5 Å². The van der Waals surface area contributed by atoms with Gasteiger partial charge in [-0.3, -0.25) is 9.78 Å². The lowest BCUT2D eigenvalue weighted by atomic mass is 10.1. The first kappa shape index (κ1) is 30.6. The molecule has 37 heavy (non-hydrogen) atoms. The molecule has 3 heterocycles. The highest BCUT2D eigenvalue weighted by Gasteiger charge is 2.21. The summed E-state index contributed by atoms with van der Waals surface area (Å²) in [6.07, 6.45) is 10.1. The summed E-state index contributed by atoms with van der Waals surface area (Å²) in [4.78, 5) is 16.4. The zero-order valence-electron chi connectivity index (χ0n) is 22.8. The standard InChI is InChI=1S/C16H20N2OS.C11H11ClN2.C3H8/c1-5-7-14-10-18(9-13(14)6-2)20-16-8-15(11-19)17(4)12(16)3;1-13-7-9-8-3-2-6-14-11(8)5-4-10(9)12;1-3-2/h5-8,11H,2,9-10H2,1,3-4H3;2-6,13H,7H2,1H3;3H2,1-2H3/b7-5-;;. The Bertz CT molecular complexity index is 1260. The first-order valence-electron chi connectivity index (χ1n) is 12.5. The maximum absolute atomic E-state index is 11.0. The number of rotatable bonds is 7. The van der Waals surface area contributed by atoms with E-state index >= 15 is 0 Å². The molecule has 1 aliphatic heterocycles. The summed E-state index contributed by atoms with van der Waals surface area (Å²) < 4.78 is 4.23. The third kappa shape index (κ3) is 8.17. The van der Waals surface area contributed by atoms with Crippen molar-refractivity contribution in [1.29, 1.82) is 0 Å². The van der Waals surface area contributed by atoms with E-state index in [0.29, 0.717) is 0 Å². The average molecular weight is 539 g/mol. The van der Waals surface area contributed by atoms with Crippen LogP contribution in [0.25, 0.3) is 10.9 Å². The van der Waals surface area contributed by atoms with Crippen LogP contribution in [0, 0.1) is 6.92 Å². The van der Waals surface area contributed by atoms with Gasteiger partial charge in [-0.1, -0.05) is 62.7 Å². The van der Waals surface area contributed by atoms with Crippen LogP contribution in [-0.2, 0) is 13.6 Å². The van der Waals surface area contributed by atoms with Crippen molar-refractivity contribution in [1.82, 2.24) is 19.2 Å². The highest BCUT2D eigenvalue weighted by atomic mass is 35.5. The second kappa shape index (κ2) is 15.6. The summed E-state index contributed by atoms with van der Waals surface area (Å²) in [5.74, 6) is 0. The summed E-state index contributed by atoms with van der Waals surface area (Å²) >= 11 is 7.82. The molecule has 1 N–H and O–H groups in total. The van der Waals surface area contributed by atoms with Crippen molar-refractivity contribution in [2.24, 2.45) is 7.05 Å². The zero-order chi connectivity index (χ0) is 27.4. The van der Waals surface area contributed by atoms with Gasteiger partial charge in [-0.15, -0.1) is 0 Å². The number of allylic oxidation sites excluding steroid dienone is 1. The molecular formula is C30H39ClN4OS. The Balaban J connectivity index is 0.000000247. The molecular weight excluding hydrogens is 500 g/mol. The Labute approximate surface area is 231 Å². The summed E-state index contributed by atoms with van der Waals surface area (Å²) in [6.45, 7) is 14.8. The van der Waals surface area contributed by atoms with Gasteiger partial charge in [0, 0.05) is 53.9 Å². The van der Waals surface area contributed by atoms with E-state index in [1.807, 2.05) is 68.9 Å². The molecule has 2 aromatic heterocycles. The lowest BCUT2D eigenvalue weighted by molar-refractivity contribution is 0.111. The van der Waals surface area contributed by atoms with Gasteiger partial charge < -0.3 is 9.88 Å². The Hall–Kier alpha value is -2.64. The molecule has 0 saturated heterocycles. The number of pyridine rings is 1. The monoisotopic (exact) mass is 538 g/mol. The number of benzene rings is 1. The molecule has 0 bridgehead atoms. The van der Waals surface area contributed by atoms with Crippen LogP contribution in [0.1, 0.15) is 48.9 Å². The third-order valence-corrected chi connectivity index (χ3v) is 7.27. The van der Waals surface area contributed by atoms with Gasteiger partial charge >= 0.3 is 0 Å². The number of hydrogen-bond acceptors (Lipinski definition) is 5. The molecule has 0 aliphatic carbocycles. The minimum absolute atomic E-state index is 0.717. The van der Waals surface area contributed by atoms with Crippen molar-refractivity contribution in [3.8, 4) is 0 Å². The van der Waals surface area contributed by atoms with Crippen molar-refractivity contribution in [2.45, 2.75) is 45.6 Å². The zero-order valence-corrected chi connectivity index (χ0v) is 24.4. The van der Waals surface area contributed by atoms with E-state index < -0.39 is 0 Å². The maximum atomic E-state index is 11.0. The number of aldehydes is 1. The smallest absolute Gasteiger partial charge is 0.166 e. The van der Waals surface area contributed by atoms with Gasteiger partial charge in [0.15, 0.2) is 6.29 Å². The molecule has 0 unspecified atom stereocenters. The van der Waals surface area contributed by atoms with Crippen LogP contribution in [0.15, 0.2) is 77.4 Å². The minimum Gasteiger partial charge on any atom is -0.345 e. The van der Waals surface area contributed by atoms with Gasteiger partial charge in [-0.05, 0) is 73.8 Å². The number of nitrogens with zero attached hydrogens (tertiary/aromatic N) is 3. The van der Waals surface area contributed by atoms with Crippen molar-refractivity contribution >= 4 is 40.7 Å². The van der Waals surface area contributed by atoms with E-state index in [9.17, 15) is 4.79 Å². The fourth-order valence-corrected chi connectivity index (χ4v) is 5.20. The molecule has 0 spiro atoms. The van der Waals surface area contributed by atoms with Crippen LogP contribution in [0.4, 0.5) is 0 Å². The quantitative estimate of drug-likeness (QED) is 0.248. The number of aromatic nitrogens is 2. The Morgan fingerprint density at radius 1 is 1.22 bits per heavy atom. The van der Waals surface area contributed by atoms with Crippen LogP contribution >= 0.6 is 23.5 Å². The molecule has 1 aromatic carbocycles. The lowest BCUT2D eigenvalue weighted by Crippen LogP contribution is -2.12. The Kier molecular flexibility index (Phi) is 12.9. The molecule has 0 fully saturated rings. The van der Waals surface area contributed by atoms with Crippen LogP contribution in [0.2, 0.25) is 5.02 Å². The number of carbonyl (C=O) groups excluding carboxylic acids is 1. The number of carbonyl (C=O) groups is 1. The van der Waals surface area contributed by atoms with E-state index in [2.05, 4.69) is 47.2 Å². The lowest BCUT2D eigenvalue weighted by Gasteiger charge is -2.14. The van der Waals surface area contributed by atoms with E-state index in [1.54, 1.807) is 18.1 Å². The largest absolute Gasteiger partial charge is 0.345 e. The van der Waals surface area contributed by atoms with E-state index in [-0.39, 0.29) is 0 Å². The summed E-state index contributed by atoms with van der Waals surface area (Å²) in [5.41, 5.74) is 6.53. The second-order valence-electron chi connectivity index (χ2n) is 8.67. The van der Waals surface area contributed by atoms with Gasteiger partial charge in [0.25, 0.3) is 0 Å². The Morgan fingerprint density at radius 3 is 2.51 bits per heavy atom. The normalized spacial score (nSPS) is 13.4. The van der Waals surface area contributed by atoms with E-state index in [4.69, 9.17) is 11.6 Å². The van der Waals surface area contributed by atoms with Gasteiger partial charge in [-0.2, -0.15) is 0 Å². The summed E-state index contributed by atoms with van der Waals surface area (Å²) in [6, 6.07) is 9.76. The topological polar surface area (TPSA) is 50.2 Å². The first-order chi connectivity index (χ1) is 17.8. The fraction of sp³-hybridized carbons (Fsp3) is 0.333. The number of halogens is 1. The van der Waals surface area contributed by atoms with Crippen LogP contribution in [-0.4, -0.2) is 40.3 Å². The second-order valence-corrected chi connectivity index (χ2v) is 10.2. The summed E-state index contributed by atoms with van der Waals surface area (Å²) in [5, 5.41) is 5.02. The first-order valence-corrected chi connectivity index (χ1v) is 13.7. The van der Waals surface area contributed by atoms with E-state index in [0.717, 1.165) is 63.7 Å². The molecule has 0 saturated carbocycles. The van der Waals surface area contributed by atoms with Gasteiger partial charge in [0.05, 0.1) is 11.2 Å². The van der Waals surface area contributed by atoms with Crippen molar-refractivity contribution in [3.63, 3.8) is 0 Å². The highest BCUT2D eigenvalue weighted by Crippen LogP contribution is 2.33. The SMILES string of the molecule is C=CC1=C(/C=C\C)CN(Sc2cc(C=O)n(C)c2C)C1.CCC.CNCc1c(Cl)ccc2ncccc12. The molecule has 3 aromatic rings. The predicted molar refractivity (Wildman–Crippen MR) is 160 cm³/mol. The number of nitrogens with one attached hydrogen (secondary N) is 1. The van der Waals surface area contributed by atoms with Gasteiger partial charge in [0.2, 0.25) is 0 Å². The Morgan fingerprint density at radius 2 is 1.92 bits per heavy atom. The van der Waals surface area contributed by atoms with Gasteiger partial charge in [0.1, 0.15) is 0 Å². The van der Waals surface area contributed by atoms with Crippen LogP contribution in [0.5, 0.6) is 0 Å². The number of fused-ring (bicyclic) bond motifs is 1. The van der Waals surface area contributed by atoms with Crippen molar-refractivity contribution < 1.29 is 4.79 Å². The average Bonchev–Trinajstić information content (AvgIpc) is 3.41. The predicted octanol–water partition coefficient (Wildman–Crippen LogP) is 7.55. The molecule has 0 amide bonds. The number of hydrogen-bond donors (Lipinski definition) is 1. The molecule has 4 rings (SSSR count). The minimum atomic E-state index is 0.717. The maximum Gasteiger partial charge on any atom is 0.166 e. The van der Waals surface area contributed by atoms with Crippen LogP contribution < -0.4 is 5.32 Å². The molecule has 1 aliphatic rings. The molecule has 5 nitrogen and oxygen atoms in total. The van der Waals surface area contributed by atoms with Gasteiger partial charge in [-0.25, -0.2) is 4.31 Å².